The number of aliphatic hydroxyl groups excluding tert-OH is 5. The lowest BCUT2D eigenvalue weighted by molar-refractivity contribution is -0.745. The van der Waals surface area contributed by atoms with Gasteiger partial charge in [-0.05, 0) is 6.92 Å². The van der Waals surface area contributed by atoms with E-state index in [1.165, 1.54) is 24.9 Å². The lowest BCUT2D eigenvalue weighted by Gasteiger charge is -2.27. The molecule has 8 aromatic rings. The van der Waals surface area contributed by atoms with Crippen molar-refractivity contribution in [1.82, 2.24) is 73.1 Å². The van der Waals surface area contributed by atoms with E-state index in [0.29, 0.717) is 0 Å². The fourth-order valence-electron chi connectivity index (χ4n) is 11.2. The number of ether oxygens (including phenoxy) is 5. The van der Waals surface area contributed by atoms with E-state index in [4.69, 9.17) is 73.8 Å². The zero-order valence-electron chi connectivity index (χ0n) is 50.3. The van der Waals surface area contributed by atoms with Gasteiger partial charge in [-0.25, -0.2) is 47.3 Å². The van der Waals surface area contributed by atoms with Crippen LogP contribution in [0, 0.1) is 6.92 Å². The Bertz CT molecular complexity index is 4880. The summed E-state index contributed by atoms with van der Waals surface area (Å²) in [5.74, 6) is -1.32. The normalized spacial score (nSPS) is 30.5. The number of aromatic amines is 3. The smallest absolute Gasteiger partial charge is 0.387 e. The second-order valence-corrected chi connectivity index (χ2v) is 29.5. The van der Waals surface area contributed by atoms with Crippen molar-refractivity contribution in [2.24, 2.45) is 7.05 Å². The van der Waals surface area contributed by atoms with Crippen molar-refractivity contribution in [2.75, 3.05) is 56.5 Å². The summed E-state index contributed by atoms with van der Waals surface area (Å²) in [6.07, 6.45) is -25.5. The fraction of sp³-hybridized carbons (Fsp3) is 0.535. The molecule has 4 fully saturated rings. The highest BCUT2D eigenvalue weighted by Crippen LogP contribution is 2.68. The van der Waals surface area contributed by atoms with Crippen molar-refractivity contribution in [3.63, 3.8) is 0 Å². The molecule has 0 saturated carbocycles. The summed E-state index contributed by atoms with van der Waals surface area (Å²) < 4.78 is 142. The lowest BCUT2D eigenvalue weighted by Crippen LogP contribution is -2.46. The number of phosphoric acid groups is 5. The number of nitrogens with zero attached hydrogens (tertiary/aromatic N) is 13. The molecule has 4 aliphatic heterocycles. The summed E-state index contributed by atoms with van der Waals surface area (Å²) in [6, 6.07) is 0. The number of H-pyrrole nitrogens is 3. The van der Waals surface area contributed by atoms with Crippen LogP contribution in [0.2, 0.25) is 0 Å². The first-order chi connectivity index (χ1) is 46.4. The number of aliphatic hydroxyl groups is 5. The Kier molecular flexibility index (Phi) is 19.4. The van der Waals surface area contributed by atoms with E-state index in [2.05, 4.69) is 63.4 Å². The number of imidazole rings is 4. The first-order valence-corrected chi connectivity index (χ1v) is 35.6. The van der Waals surface area contributed by atoms with Gasteiger partial charge in [0.05, 0.1) is 52.5 Å². The van der Waals surface area contributed by atoms with E-state index in [-0.39, 0.29) is 62.2 Å². The molecule has 11 unspecified atom stereocenters. The molecule has 0 amide bonds. The second kappa shape index (κ2) is 26.8. The number of methoxy groups -OCH3 is 1. The molecule has 21 N–H and O–H groups in total. The monoisotopic (exact) mass is 1510 g/mol. The Labute approximate surface area is 546 Å². The summed E-state index contributed by atoms with van der Waals surface area (Å²) in [4.78, 5) is 132. The van der Waals surface area contributed by atoms with Crippen LogP contribution in [0.25, 0.3) is 44.7 Å². The number of hydrogen-bond acceptors (Lipinski definition) is 38. The molecule has 12 rings (SSSR count). The van der Waals surface area contributed by atoms with Gasteiger partial charge in [0.1, 0.15) is 84.6 Å². The summed E-state index contributed by atoms with van der Waals surface area (Å²) in [6.45, 7) is -3.52. The first-order valence-electron chi connectivity index (χ1n) is 28.2. The SMILES string of the molecule is CO[C@H]1C(OP(=O)(O)OC[C@H]2O[C@@H](n3cnc4c(N)nc(N)nc43)[C@@H](O)C2OP(=O)(O)OC[C@H]2O[C@@H](n3cnc4c(=O)[nH]c(C)nc43)[C@@H](O)C2O)[C@@H](COP(=O)(O)OP(=O)(O)OP(=O)(O)OCC2O[C@@H]([n+]3cn(C)c4c(=O)[nH]c(N)nc43)C(O)C2O)O[C@H]1n1cnc2c(=O)[nH]c(N)nc21. The van der Waals surface area contributed by atoms with Crippen LogP contribution in [0.1, 0.15) is 30.7 Å². The Morgan fingerprint density at radius 1 is 0.525 bits per heavy atom. The molecule has 21 atom stereocenters. The number of hydrogen-bond donors (Lipinski definition) is 17. The number of rotatable bonds is 25. The van der Waals surface area contributed by atoms with Gasteiger partial charge in [0, 0.05) is 7.11 Å². The summed E-state index contributed by atoms with van der Waals surface area (Å²) in [7, 11) is -27.5. The van der Waals surface area contributed by atoms with Crippen LogP contribution < -0.4 is 44.2 Å². The number of aromatic nitrogens is 16. The molecule has 56 heteroatoms. The topological polar surface area (TPSA) is 737 Å². The van der Waals surface area contributed by atoms with Crippen molar-refractivity contribution in [1.29, 1.82) is 0 Å². The van der Waals surface area contributed by atoms with Crippen LogP contribution in [-0.4, -0.2) is 230 Å². The molecule has 99 heavy (non-hydrogen) atoms. The van der Waals surface area contributed by atoms with E-state index < -0.39 is 192 Å². The predicted molar refractivity (Wildman–Crippen MR) is 317 cm³/mol. The largest absolute Gasteiger partial charge is 0.490 e. The van der Waals surface area contributed by atoms with E-state index in [1.807, 2.05) is 0 Å². The Morgan fingerprint density at radius 3 is 1.61 bits per heavy atom. The zero-order chi connectivity index (χ0) is 71.5. The molecule has 540 valence electrons. The predicted octanol–water partition coefficient (Wildman–Crippen LogP) is -5.93. The number of fused-ring (bicyclic) bond motifs is 4. The maximum Gasteiger partial charge on any atom is 0.490 e. The highest BCUT2D eigenvalue weighted by atomic mass is 31.3. The minimum Gasteiger partial charge on any atom is -0.387 e. The van der Waals surface area contributed by atoms with Gasteiger partial charge in [-0.2, -0.15) is 23.6 Å². The van der Waals surface area contributed by atoms with Crippen LogP contribution in [0.4, 0.5) is 23.7 Å². The molecular weight excluding hydrogens is 1450 g/mol. The maximum atomic E-state index is 14.3. The molecule has 51 nitrogen and oxygen atoms in total. The third-order valence-corrected chi connectivity index (χ3v) is 21.6. The van der Waals surface area contributed by atoms with Gasteiger partial charge < -0.3 is 102 Å². The van der Waals surface area contributed by atoms with Crippen molar-refractivity contribution in [2.45, 2.75) is 105 Å². The molecule has 0 spiro atoms. The molecule has 4 saturated heterocycles. The van der Waals surface area contributed by atoms with Gasteiger partial charge in [0.15, 0.2) is 58.8 Å². The molecule has 0 aliphatic carbocycles. The van der Waals surface area contributed by atoms with Crippen LogP contribution in [-0.2, 0) is 89.3 Å². The quantitative estimate of drug-likeness (QED) is 0.0187. The van der Waals surface area contributed by atoms with Crippen molar-refractivity contribution in [3.05, 3.63) is 62.2 Å². The highest BCUT2D eigenvalue weighted by molar-refractivity contribution is 7.66. The number of aryl methyl sites for hydroxylation is 2. The fourth-order valence-corrected chi connectivity index (χ4v) is 16.6. The minimum atomic E-state index is -6.35. The zero-order valence-corrected chi connectivity index (χ0v) is 54.8. The molecule has 0 aromatic carbocycles. The molecule has 8 aromatic heterocycles. The highest BCUT2D eigenvalue weighted by Gasteiger charge is 2.56. The third kappa shape index (κ3) is 14.4. The van der Waals surface area contributed by atoms with Crippen molar-refractivity contribution >= 4 is 107 Å². The summed E-state index contributed by atoms with van der Waals surface area (Å²) >= 11 is 0. The van der Waals surface area contributed by atoms with E-state index in [0.717, 1.165) is 44.4 Å². The molecular formula is C43H58N20O31P5+. The lowest BCUT2D eigenvalue weighted by atomic mass is 10.1. The standard InChI is InChI=1S/C43H57N20O31P5/c1-12-51-31-18(34(69)52-12)49-9-61(31)37-23(66)21(64)13(87-37)4-83-95(72,73)91-26-15(89-39(25(26)68)60-8-48-17-29(44)53-41(45)54-30(17)60)6-84-96(74,75)92-27-16(90-40(28(27)82-3)62-10-50-19-32(62)55-42(46)57-35(19)70)7-86-98(78,79)94-99(80,81)93-97(76,77)85-5-14-22(65)24(67)38(88-14)63-11-59(2)20-33(63)56-43(47)58-36(20)71/h8-11,13-16,21-28,37-40,64-68H,4-7H2,1-3H3,(H15-,44,45,46,47,51,52,53,54,55,56,57,58,69,70,71,72,73,74,75,76,77,78,79,80,81)/p+1/t13-,14?,15-,16-,21?,22?,23+,24?,25+,26?,27?,28+,37-,38-,39-,40-/m1/s1. The van der Waals surface area contributed by atoms with Gasteiger partial charge in [-0.3, -0.25) is 69.8 Å². The average molecular weight is 1510 g/mol. The second-order valence-electron chi connectivity index (χ2n) is 22.0. The van der Waals surface area contributed by atoms with Crippen LogP contribution >= 0.6 is 39.1 Å². The number of anilines is 4. The maximum absolute atomic E-state index is 14.3. The Morgan fingerprint density at radius 2 is 0.990 bits per heavy atom. The van der Waals surface area contributed by atoms with Gasteiger partial charge >= 0.3 is 44.8 Å². The van der Waals surface area contributed by atoms with Crippen LogP contribution in [0.15, 0.2) is 39.7 Å². The number of nitrogens with two attached hydrogens (primary N) is 4. The summed E-state index contributed by atoms with van der Waals surface area (Å²) in [5.41, 5.74) is 19.7. The first kappa shape index (κ1) is 71.8. The number of nitrogens with one attached hydrogen (secondary N) is 3. The van der Waals surface area contributed by atoms with E-state index >= 15 is 0 Å². The average Bonchev–Trinajstić information content (AvgIpc) is 1.63. The van der Waals surface area contributed by atoms with E-state index in [9.17, 15) is 87.2 Å². The molecule has 0 bridgehead atoms. The minimum absolute atomic E-state index is 0.0591. The van der Waals surface area contributed by atoms with Crippen molar-refractivity contribution in [3.8, 4) is 0 Å². The van der Waals surface area contributed by atoms with Crippen molar-refractivity contribution < 1.29 is 137 Å². The van der Waals surface area contributed by atoms with E-state index in [1.54, 1.807) is 0 Å². The Balaban J connectivity index is 0.746. The number of phosphoric ester groups is 4. The van der Waals surface area contributed by atoms with Crippen LogP contribution in [0.3, 0.4) is 0 Å². The third-order valence-electron chi connectivity index (χ3n) is 15.4. The van der Waals surface area contributed by atoms with Gasteiger partial charge in [0.25, 0.3) is 22.6 Å². The van der Waals surface area contributed by atoms with Gasteiger partial charge in [-0.15, -0.1) is 0 Å². The van der Waals surface area contributed by atoms with Gasteiger partial charge in [0.2, 0.25) is 23.6 Å². The molecule has 12 heterocycles. The Hall–Kier alpha value is -6.97. The summed E-state index contributed by atoms with van der Waals surface area (Å²) in [5, 5.41) is 55.6. The number of nitrogen functional groups attached to an aromatic ring is 4. The van der Waals surface area contributed by atoms with Gasteiger partial charge in [-0.1, -0.05) is 4.98 Å². The molecule has 4 aliphatic rings. The van der Waals surface area contributed by atoms with Crippen LogP contribution in [0.5, 0.6) is 0 Å². The molecule has 0 radical (unpaired) electrons.